The number of hydrogen-bond donors (Lipinski definition) is 2. The number of hydrazone groups is 1. The smallest absolute Gasteiger partial charge is 0.169 e. The van der Waals surface area contributed by atoms with Gasteiger partial charge in [0.25, 0.3) is 0 Å². The molecule has 0 radical (unpaired) electrons. The number of nitrogens with zero attached hydrogens (tertiary/aromatic N) is 2. The molecular weight excluding hydrogens is 200 g/mol. The van der Waals surface area contributed by atoms with Crippen LogP contribution >= 0.6 is 0 Å². The van der Waals surface area contributed by atoms with Crippen molar-refractivity contribution >= 4 is 5.84 Å². The highest BCUT2D eigenvalue weighted by atomic mass is 15.4. The summed E-state index contributed by atoms with van der Waals surface area (Å²) in [5, 5.41) is 5.26. The van der Waals surface area contributed by atoms with Gasteiger partial charge in [0, 0.05) is 12.1 Å². The minimum Gasteiger partial charge on any atom is -0.321 e. The Morgan fingerprint density at radius 2 is 1.81 bits per heavy atom. The molecule has 0 saturated heterocycles. The molecule has 4 nitrogen and oxygen atoms in total. The first-order chi connectivity index (χ1) is 7.79. The van der Waals surface area contributed by atoms with Crippen LogP contribution in [0.4, 0.5) is 0 Å². The summed E-state index contributed by atoms with van der Waals surface area (Å²) in [6.07, 6.45) is 0.961. The molecular formula is C12H22N4. The summed E-state index contributed by atoms with van der Waals surface area (Å²) in [7, 11) is 0. The van der Waals surface area contributed by atoms with E-state index in [-0.39, 0.29) is 0 Å². The largest absolute Gasteiger partial charge is 0.321 e. The average Bonchev–Trinajstić information content (AvgIpc) is 2.34. The Kier molecular flexibility index (Phi) is 7.89. The Hall–Kier alpha value is -1.55. The Balaban J connectivity index is 0.00000106. The molecule has 0 unspecified atom stereocenters. The van der Waals surface area contributed by atoms with Crippen molar-refractivity contribution in [3.05, 3.63) is 35.9 Å². The molecule has 0 spiro atoms. The van der Waals surface area contributed by atoms with Gasteiger partial charge in [0.2, 0.25) is 0 Å². The summed E-state index contributed by atoms with van der Waals surface area (Å²) in [5.74, 6) is 11.7. The van der Waals surface area contributed by atoms with Crippen LogP contribution in [0.15, 0.2) is 35.4 Å². The molecule has 1 aromatic carbocycles. The van der Waals surface area contributed by atoms with Crippen LogP contribution in [0.25, 0.3) is 0 Å². The summed E-state index contributed by atoms with van der Waals surface area (Å²) in [5.41, 5.74) is 0.936. The maximum absolute atomic E-state index is 5.79. The third-order valence-electron chi connectivity index (χ3n) is 1.89. The van der Waals surface area contributed by atoms with Crippen molar-refractivity contribution in [1.82, 2.24) is 5.01 Å². The van der Waals surface area contributed by atoms with E-state index >= 15 is 0 Å². The standard InChI is InChI=1S/C10H16N4.C2H6/c1-2-8-14(12)10(13-11)9-6-4-3-5-7-9;1-2/h3-7H,2,8,11-12H2,1H3;1-2H3/b13-10-;. The van der Waals surface area contributed by atoms with Crippen molar-refractivity contribution in [3.8, 4) is 0 Å². The molecule has 0 amide bonds. The summed E-state index contributed by atoms with van der Waals surface area (Å²) in [6.45, 7) is 6.80. The minimum absolute atomic E-state index is 0.618. The molecule has 0 aliphatic rings. The number of hydrogen-bond acceptors (Lipinski definition) is 3. The molecule has 0 heterocycles. The molecule has 0 aromatic heterocycles. The molecule has 1 aromatic rings. The van der Waals surface area contributed by atoms with Crippen molar-refractivity contribution in [3.63, 3.8) is 0 Å². The van der Waals surface area contributed by atoms with Gasteiger partial charge in [-0.25, -0.2) is 5.84 Å². The van der Waals surface area contributed by atoms with E-state index in [0.717, 1.165) is 18.5 Å². The molecule has 0 saturated carbocycles. The highest BCUT2D eigenvalue weighted by Gasteiger charge is 2.07. The fourth-order valence-corrected chi connectivity index (χ4v) is 1.25. The lowest BCUT2D eigenvalue weighted by Gasteiger charge is -2.18. The number of nitrogens with two attached hydrogens (primary N) is 2. The monoisotopic (exact) mass is 222 g/mol. The lowest BCUT2D eigenvalue weighted by atomic mass is 10.2. The molecule has 0 aliphatic carbocycles. The second kappa shape index (κ2) is 8.73. The van der Waals surface area contributed by atoms with Gasteiger partial charge < -0.3 is 5.84 Å². The van der Waals surface area contributed by atoms with Crippen LogP contribution in [0, 0.1) is 0 Å². The second-order valence-corrected chi connectivity index (χ2v) is 3.01. The number of hydrazine groups is 1. The maximum Gasteiger partial charge on any atom is 0.169 e. The van der Waals surface area contributed by atoms with Crippen LogP contribution in [-0.4, -0.2) is 17.4 Å². The van der Waals surface area contributed by atoms with Gasteiger partial charge in [-0.3, -0.25) is 5.01 Å². The van der Waals surface area contributed by atoms with Gasteiger partial charge >= 0.3 is 0 Å². The van der Waals surface area contributed by atoms with Crippen LogP contribution in [0.2, 0.25) is 0 Å². The number of benzene rings is 1. The molecule has 16 heavy (non-hydrogen) atoms. The van der Waals surface area contributed by atoms with Gasteiger partial charge in [0.05, 0.1) is 0 Å². The van der Waals surface area contributed by atoms with Crippen molar-refractivity contribution in [2.45, 2.75) is 27.2 Å². The summed E-state index contributed by atoms with van der Waals surface area (Å²) >= 11 is 0. The topological polar surface area (TPSA) is 67.6 Å². The molecule has 0 atom stereocenters. The first-order valence-corrected chi connectivity index (χ1v) is 5.65. The molecule has 4 N–H and O–H groups in total. The van der Waals surface area contributed by atoms with Crippen LogP contribution < -0.4 is 11.7 Å². The number of rotatable bonds is 3. The predicted octanol–water partition coefficient (Wildman–Crippen LogP) is 1.92. The third kappa shape index (κ3) is 4.31. The average molecular weight is 222 g/mol. The Morgan fingerprint density at radius 3 is 2.25 bits per heavy atom. The predicted molar refractivity (Wildman–Crippen MR) is 69.7 cm³/mol. The van der Waals surface area contributed by atoms with E-state index in [2.05, 4.69) is 12.0 Å². The molecule has 0 bridgehead atoms. The van der Waals surface area contributed by atoms with E-state index in [1.165, 1.54) is 0 Å². The van der Waals surface area contributed by atoms with E-state index in [0.29, 0.717) is 5.84 Å². The van der Waals surface area contributed by atoms with Gasteiger partial charge in [0.15, 0.2) is 5.84 Å². The van der Waals surface area contributed by atoms with E-state index in [9.17, 15) is 0 Å². The summed E-state index contributed by atoms with van der Waals surface area (Å²) in [6, 6.07) is 9.67. The van der Waals surface area contributed by atoms with Gasteiger partial charge in [-0.15, -0.1) is 0 Å². The Labute approximate surface area is 97.9 Å². The third-order valence-corrected chi connectivity index (χ3v) is 1.89. The summed E-state index contributed by atoms with van der Waals surface area (Å²) < 4.78 is 0. The molecule has 0 fully saturated rings. The zero-order valence-corrected chi connectivity index (χ0v) is 10.4. The van der Waals surface area contributed by atoms with Gasteiger partial charge in [0.1, 0.15) is 0 Å². The van der Waals surface area contributed by atoms with Crippen molar-refractivity contribution in [2.24, 2.45) is 16.8 Å². The lowest BCUT2D eigenvalue weighted by molar-refractivity contribution is 0.438. The van der Waals surface area contributed by atoms with E-state index in [4.69, 9.17) is 11.7 Å². The highest BCUT2D eigenvalue weighted by molar-refractivity contribution is 5.98. The van der Waals surface area contributed by atoms with Crippen molar-refractivity contribution in [1.29, 1.82) is 0 Å². The molecule has 0 aliphatic heterocycles. The lowest BCUT2D eigenvalue weighted by Crippen LogP contribution is -2.39. The Bertz CT molecular complexity index is 295. The van der Waals surface area contributed by atoms with Crippen LogP contribution in [0.3, 0.4) is 0 Å². The summed E-state index contributed by atoms with van der Waals surface area (Å²) in [4.78, 5) is 0. The van der Waals surface area contributed by atoms with Crippen molar-refractivity contribution in [2.75, 3.05) is 6.54 Å². The van der Waals surface area contributed by atoms with E-state index < -0.39 is 0 Å². The molecule has 1 rings (SSSR count). The van der Waals surface area contributed by atoms with E-state index in [1.807, 2.05) is 44.2 Å². The maximum atomic E-state index is 5.79. The van der Waals surface area contributed by atoms with Crippen LogP contribution in [-0.2, 0) is 0 Å². The fraction of sp³-hybridized carbons (Fsp3) is 0.417. The minimum atomic E-state index is 0.618. The second-order valence-electron chi connectivity index (χ2n) is 3.01. The Morgan fingerprint density at radius 1 is 1.25 bits per heavy atom. The van der Waals surface area contributed by atoms with Gasteiger partial charge in [-0.2, -0.15) is 5.10 Å². The van der Waals surface area contributed by atoms with Gasteiger partial charge in [-0.05, 0) is 6.42 Å². The SMILES string of the molecule is CC.CCCN(N)/C(=N\N)c1ccccc1. The zero-order valence-electron chi connectivity index (χ0n) is 10.4. The fourth-order valence-electron chi connectivity index (χ4n) is 1.25. The quantitative estimate of drug-likeness (QED) is 0.355. The highest BCUT2D eigenvalue weighted by Crippen LogP contribution is 2.02. The molecule has 4 heteroatoms. The van der Waals surface area contributed by atoms with E-state index in [1.54, 1.807) is 5.01 Å². The first-order valence-electron chi connectivity index (χ1n) is 5.65. The van der Waals surface area contributed by atoms with Crippen molar-refractivity contribution < 1.29 is 0 Å². The zero-order chi connectivity index (χ0) is 12.4. The number of amidine groups is 1. The van der Waals surface area contributed by atoms with Gasteiger partial charge in [-0.1, -0.05) is 51.1 Å². The van der Waals surface area contributed by atoms with Crippen LogP contribution in [0.1, 0.15) is 32.8 Å². The van der Waals surface area contributed by atoms with Crippen LogP contribution in [0.5, 0.6) is 0 Å². The normalized spacial score (nSPS) is 10.4. The first kappa shape index (κ1) is 14.5. The molecule has 90 valence electrons.